The summed E-state index contributed by atoms with van der Waals surface area (Å²) in [7, 11) is 0. The maximum atomic E-state index is 9.98. The van der Waals surface area contributed by atoms with E-state index in [-0.39, 0.29) is 0 Å². The van der Waals surface area contributed by atoms with Crippen LogP contribution < -0.4 is 5.32 Å². The van der Waals surface area contributed by atoms with Gasteiger partial charge in [0.25, 0.3) is 0 Å². The van der Waals surface area contributed by atoms with E-state index in [2.05, 4.69) is 12.2 Å². The van der Waals surface area contributed by atoms with E-state index >= 15 is 0 Å². The summed E-state index contributed by atoms with van der Waals surface area (Å²) in [6.45, 7) is 4.21. The lowest BCUT2D eigenvalue weighted by Crippen LogP contribution is -2.49. The molecule has 2 atom stereocenters. The molecule has 0 heterocycles. The fourth-order valence-electron chi connectivity index (χ4n) is 2.13. The Morgan fingerprint density at radius 2 is 1.92 bits per heavy atom. The van der Waals surface area contributed by atoms with Crippen molar-refractivity contribution in [2.75, 3.05) is 0 Å². The topological polar surface area (TPSA) is 32.3 Å². The molecule has 2 aliphatic rings. The summed E-state index contributed by atoms with van der Waals surface area (Å²) in [4.78, 5) is 0. The van der Waals surface area contributed by atoms with Gasteiger partial charge in [0.2, 0.25) is 0 Å². The minimum absolute atomic E-state index is 0.338. The predicted molar refractivity (Wildman–Crippen MR) is 49.0 cm³/mol. The molecule has 0 saturated heterocycles. The highest BCUT2D eigenvalue weighted by Crippen LogP contribution is 2.39. The first-order valence-electron chi connectivity index (χ1n) is 5.02. The Morgan fingerprint density at radius 1 is 1.25 bits per heavy atom. The van der Waals surface area contributed by atoms with Gasteiger partial charge >= 0.3 is 0 Å². The Hall–Kier alpha value is -0.0800. The molecule has 2 N–H and O–H groups in total. The Labute approximate surface area is 74.4 Å². The van der Waals surface area contributed by atoms with Crippen LogP contribution in [0, 0.1) is 0 Å². The molecule has 70 valence electrons. The Bertz CT molecular complexity index is 184. The van der Waals surface area contributed by atoms with Crippen LogP contribution in [0.15, 0.2) is 0 Å². The highest BCUT2D eigenvalue weighted by molar-refractivity contribution is 5.04. The number of rotatable bonds is 2. The van der Waals surface area contributed by atoms with Crippen molar-refractivity contribution in [1.29, 1.82) is 0 Å². The normalized spacial score (nSPS) is 44.8. The van der Waals surface area contributed by atoms with Gasteiger partial charge in [0.15, 0.2) is 0 Å². The van der Waals surface area contributed by atoms with Crippen molar-refractivity contribution in [2.45, 2.75) is 63.1 Å². The second-order valence-corrected chi connectivity index (χ2v) is 5.01. The zero-order chi connectivity index (χ0) is 8.82. The van der Waals surface area contributed by atoms with Crippen molar-refractivity contribution < 1.29 is 5.11 Å². The van der Waals surface area contributed by atoms with Crippen LogP contribution in [-0.2, 0) is 0 Å². The molecule has 0 bridgehead atoms. The van der Waals surface area contributed by atoms with Crippen LogP contribution in [-0.4, -0.2) is 22.3 Å². The highest BCUT2D eigenvalue weighted by atomic mass is 16.3. The first-order valence-corrected chi connectivity index (χ1v) is 5.02. The lowest BCUT2D eigenvalue weighted by Gasteiger charge is -2.29. The lowest BCUT2D eigenvalue weighted by atomic mass is 9.99. The summed E-state index contributed by atoms with van der Waals surface area (Å²) in [5.74, 6) is 0. The molecule has 2 fully saturated rings. The zero-order valence-electron chi connectivity index (χ0n) is 8.06. The van der Waals surface area contributed by atoms with Crippen molar-refractivity contribution in [2.24, 2.45) is 0 Å². The summed E-state index contributed by atoms with van der Waals surface area (Å²) < 4.78 is 0. The SMILES string of the molecule is CC1(NC2CCCC2(C)O)CC1. The molecule has 0 radical (unpaired) electrons. The smallest absolute Gasteiger partial charge is 0.0772 e. The Kier molecular flexibility index (Phi) is 1.74. The zero-order valence-corrected chi connectivity index (χ0v) is 8.06. The van der Waals surface area contributed by atoms with Crippen LogP contribution in [0.5, 0.6) is 0 Å². The third-order valence-corrected chi connectivity index (χ3v) is 3.45. The summed E-state index contributed by atoms with van der Waals surface area (Å²) >= 11 is 0. The molecule has 2 saturated carbocycles. The summed E-state index contributed by atoms with van der Waals surface area (Å²) in [5, 5.41) is 13.6. The van der Waals surface area contributed by atoms with Crippen molar-refractivity contribution in [3.63, 3.8) is 0 Å². The van der Waals surface area contributed by atoms with E-state index in [0.717, 1.165) is 12.8 Å². The maximum Gasteiger partial charge on any atom is 0.0772 e. The molecule has 0 amide bonds. The van der Waals surface area contributed by atoms with Gasteiger partial charge in [0.1, 0.15) is 0 Å². The van der Waals surface area contributed by atoms with Crippen LogP contribution in [0.3, 0.4) is 0 Å². The van der Waals surface area contributed by atoms with Gasteiger partial charge in [0.05, 0.1) is 5.60 Å². The lowest BCUT2D eigenvalue weighted by molar-refractivity contribution is 0.0346. The fraction of sp³-hybridized carbons (Fsp3) is 1.00. The van der Waals surface area contributed by atoms with E-state index in [0.29, 0.717) is 11.6 Å². The largest absolute Gasteiger partial charge is 0.389 e. The average molecular weight is 169 g/mol. The minimum atomic E-state index is -0.453. The number of hydrogen-bond donors (Lipinski definition) is 2. The van der Waals surface area contributed by atoms with Gasteiger partial charge < -0.3 is 10.4 Å². The first-order chi connectivity index (χ1) is 5.52. The fourth-order valence-corrected chi connectivity index (χ4v) is 2.13. The molecule has 2 unspecified atom stereocenters. The molecule has 2 rings (SSSR count). The molecular formula is C10H19NO. The Balaban J connectivity index is 1.95. The second kappa shape index (κ2) is 2.46. The van der Waals surface area contributed by atoms with Crippen LogP contribution in [0.2, 0.25) is 0 Å². The molecule has 2 nitrogen and oxygen atoms in total. The summed E-state index contributed by atoms with van der Waals surface area (Å²) in [5.41, 5.74) is -0.0927. The Morgan fingerprint density at radius 3 is 2.33 bits per heavy atom. The van der Waals surface area contributed by atoms with Gasteiger partial charge in [-0.05, 0) is 46.0 Å². The highest BCUT2D eigenvalue weighted by Gasteiger charge is 2.45. The van der Waals surface area contributed by atoms with Gasteiger partial charge in [0, 0.05) is 11.6 Å². The van der Waals surface area contributed by atoms with E-state index in [1.807, 2.05) is 6.92 Å². The molecular weight excluding hydrogens is 150 g/mol. The third kappa shape index (κ3) is 1.50. The minimum Gasteiger partial charge on any atom is -0.389 e. The number of hydrogen-bond acceptors (Lipinski definition) is 2. The van der Waals surface area contributed by atoms with Gasteiger partial charge in [-0.1, -0.05) is 0 Å². The van der Waals surface area contributed by atoms with Gasteiger partial charge in [-0.2, -0.15) is 0 Å². The molecule has 0 aromatic rings. The average Bonchev–Trinajstić information content (AvgIpc) is 2.57. The van der Waals surface area contributed by atoms with Crippen molar-refractivity contribution in [3.8, 4) is 0 Å². The molecule has 0 aromatic heterocycles. The van der Waals surface area contributed by atoms with Crippen molar-refractivity contribution in [1.82, 2.24) is 5.32 Å². The quantitative estimate of drug-likeness (QED) is 0.655. The van der Waals surface area contributed by atoms with E-state index in [1.54, 1.807) is 0 Å². The summed E-state index contributed by atoms with van der Waals surface area (Å²) in [6.07, 6.45) is 5.82. The van der Waals surface area contributed by atoms with Crippen LogP contribution in [0.1, 0.15) is 46.0 Å². The van der Waals surface area contributed by atoms with Crippen LogP contribution in [0.4, 0.5) is 0 Å². The third-order valence-electron chi connectivity index (χ3n) is 3.45. The maximum absolute atomic E-state index is 9.98. The van der Waals surface area contributed by atoms with Gasteiger partial charge in [-0.15, -0.1) is 0 Å². The molecule has 2 heteroatoms. The van der Waals surface area contributed by atoms with E-state index in [9.17, 15) is 5.11 Å². The van der Waals surface area contributed by atoms with E-state index in [1.165, 1.54) is 19.3 Å². The van der Waals surface area contributed by atoms with Crippen molar-refractivity contribution in [3.05, 3.63) is 0 Å². The van der Waals surface area contributed by atoms with Crippen LogP contribution >= 0.6 is 0 Å². The molecule has 0 aliphatic heterocycles. The molecule has 12 heavy (non-hydrogen) atoms. The van der Waals surface area contributed by atoms with Gasteiger partial charge in [-0.3, -0.25) is 0 Å². The second-order valence-electron chi connectivity index (χ2n) is 5.01. The molecule has 2 aliphatic carbocycles. The first kappa shape index (κ1) is 8.52. The van der Waals surface area contributed by atoms with E-state index in [4.69, 9.17) is 0 Å². The van der Waals surface area contributed by atoms with E-state index < -0.39 is 5.60 Å². The standard InChI is InChI=1S/C10H19NO/c1-9(6-7-9)11-8-4-3-5-10(8,2)12/h8,11-12H,3-7H2,1-2H3. The predicted octanol–water partition coefficient (Wildman–Crippen LogP) is 1.43. The molecule has 0 spiro atoms. The number of nitrogens with one attached hydrogen (secondary N) is 1. The summed E-state index contributed by atoms with van der Waals surface area (Å²) in [6, 6.07) is 0.338. The van der Waals surface area contributed by atoms with Gasteiger partial charge in [-0.25, -0.2) is 0 Å². The van der Waals surface area contributed by atoms with Crippen LogP contribution in [0.25, 0.3) is 0 Å². The molecule has 0 aromatic carbocycles. The monoisotopic (exact) mass is 169 g/mol. The number of aliphatic hydroxyl groups is 1. The van der Waals surface area contributed by atoms with Crippen molar-refractivity contribution >= 4 is 0 Å².